The largest absolute Gasteiger partial charge is 0.423 e. The predicted molar refractivity (Wildman–Crippen MR) is 105 cm³/mol. The Morgan fingerprint density at radius 1 is 1.15 bits per heavy atom. The first-order chi connectivity index (χ1) is 16.1. The summed E-state index contributed by atoms with van der Waals surface area (Å²) < 4.78 is 72.0. The maximum atomic E-state index is 14.2. The van der Waals surface area contributed by atoms with Crippen molar-refractivity contribution >= 4 is 11.7 Å². The maximum absolute atomic E-state index is 14.2. The van der Waals surface area contributed by atoms with Crippen LogP contribution in [-0.2, 0) is 11.3 Å². The van der Waals surface area contributed by atoms with Crippen molar-refractivity contribution in [2.75, 3.05) is 5.32 Å². The molecule has 34 heavy (non-hydrogen) atoms. The molecule has 4 rings (SSSR count). The number of hydrogen-bond donors (Lipinski definition) is 2. The molecule has 176 valence electrons. The Kier molecular flexibility index (Phi) is 6.06. The molecule has 0 aliphatic rings. The molecule has 0 fully saturated rings. The number of nitrogens with zero attached hydrogens (tertiary/aromatic N) is 5. The van der Waals surface area contributed by atoms with Gasteiger partial charge in [-0.15, -0.1) is 0 Å². The first kappa shape index (κ1) is 23.0. The van der Waals surface area contributed by atoms with E-state index in [0.717, 1.165) is 0 Å². The maximum Gasteiger partial charge on any atom is 0.423 e. The summed E-state index contributed by atoms with van der Waals surface area (Å²) in [7, 11) is 0. The van der Waals surface area contributed by atoms with Gasteiger partial charge in [-0.3, -0.25) is 9.48 Å². The third-order valence-corrected chi connectivity index (χ3v) is 4.53. The van der Waals surface area contributed by atoms with Gasteiger partial charge in [0.1, 0.15) is 23.5 Å². The Morgan fingerprint density at radius 3 is 2.59 bits per heavy atom. The molecule has 0 saturated carbocycles. The molecule has 0 saturated heterocycles. The third kappa shape index (κ3) is 4.76. The quantitative estimate of drug-likeness (QED) is 0.407. The number of alkyl halides is 3. The number of nitrogens with one attached hydrogen (secondary N) is 1. The van der Waals surface area contributed by atoms with Gasteiger partial charge >= 0.3 is 6.18 Å². The van der Waals surface area contributed by atoms with E-state index in [1.165, 1.54) is 41.3 Å². The minimum Gasteiger partial charge on any atom is -0.376 e. The van der Waals surface area contributed by atoms with Gasteiger partial charge in [0.2, 0.25) is 6.10 Å². The molecule has 1 amide bonds. The van der Waals surface area contributed by atoms with Crippen molar-refractivity contribution in [1.29, 1.82) is 0 Å². The lowest BCUT2D eigenvalue weighted by atomic mass is 10.2. The van der Waals surface area contributed by atoms with Crippen LogP contribution in [-0.4, -0.2) is 48.2 Å². The van der Waals surface area contributed by atoms with E-state index in [9.17, 15) is 26.7 Å². The summed E-state index contributed by atoms with van der Waals surface area (Å²) in [6, 6.07) is 8.88. The molecule has 1 aromatic carbocycles. The van der Waals surface area contributed by atoms with Gasteiger partial charge in [-0.2, -0.15) is 18.3 Å². The fourth-order valence-electron chi connectivity index (χ4n) is 2.90. The second kappa shape index (κ2) is 8.97. The van der Waals surface area contributed by atoms with E-state index >= 15 is 0 Å². The van der Waals surface area contributed by atoms with Gasteiger partial charge < -0.3 is 14.9 Å². The van der Waals surface area contributed by atoms with E-state index in [-0.39, 0.29) is 23.6 Å². The van der Waals surface area contributed by atoms with Gasteiger partial charge in [-0.05, 0) is 12.1 Å². The minimum atomic E-state index is -5.26. The standard InChI is InChI=1S/C20H13F5N6O3/c21-11-4-2-1-3-10(11)9-31-15(13-5-6-34-30-13)7-14(29-31)18-26-8-12(22)17(27-18)28-19(33)16(32)20(23,24)25/h1-8,16,32H,9H2,(H,26,27,28,33)/t16-/m0/s1. The fourth-order valence-corrected chi connectivity index (χ4v) is 2.90. The summed E-state index contributed by atoms with van der Waals surface area (Å²) in [5, 5.41) is 18.7. The number of aromatic nitrogens is 5. The van der Waals surface area contributed by atoms with Crippen molar-refractivity contribution in [3.8, 4) is 22.9 Å². The normalized spacial score (nSPS) is 12.5. The number of carbonyl (C=O) groups is 1. The van der Waals surface area contributed by atoms with E-state index in [2.05, 4.69) is 20.2 Å². The molecule has 4 aromatic rings. The monoisotopic (exact) mass is 480 g/mol. The Bertz CT molecular complexity index is 1320. The highest BCUT2D eigenvalue weighted by atomic mass is 19.4. The number of aliphatic hydroxyl groups excluding tert-OH is 1. The Morgan fingerprint density at radius 2 is 1.91 bits per heavy atom. The van der Waals surface area contributed by atoms with Crippen LogP contribution in [0, 0.1) is 11.6 Å². The van der Waals surface area contributed by atoms with E-state index in [4.69, 9.17) is 9.63 Å². The fraction of sp³-hybridized carbons (Fsp3) is 0.150. The lowest BCUT2D eigenvalue weighted by molar-refractivity contribution is -0.202. The number of carbonyl (C=O) groups excluding carboxylic acids is 1. The van der Waals surface area contributed by atoms with Crippen LogP contribution >= 0.6 is 0 Å². The van der Waals surface area contributed by atoms with Gasteiger partial charge in [-0.25, -0.2) is 18.7 Å². The van der Waals surface area contributed by atoms with Crippen LogP contribution in [0.15, 0.2) is 53.4 Å². The Labute approximate surface area is 186 Å². The highest BCUT2D eigenvalue weighted by molar-refractivity contribution is 5.94. The van der Waals surface area contributed by atoms with E-state index < -0.39 is 35.6 Å². The van der Waals surface area contributed by atoms with Crippen LogP contribution in [0.2, 0.25) is 0 Å². The molecule has 0 bridgehead atoms. The van der Waals surface area contributed by atoms with Crippen molar-refractivity contribution in [2.24, 2.45) is 0 Å². The highest BCUT2D eigenvalue weighted by Crippen LogP contribution is 2.26. The summed E-state index contributed by atoms with van der Waals surface area (Å²) in [6.45, 7) is -0.0442. The molecule has 1 atom stereocenters. The molecule has 3 aromatic heterocycles. The summed E-state index contributed by atoms with van der Waals surface area (Å²) >= 11 is 0. The number of rotatable bonds is 6. The predicted octanol–water partition coefficient (Wildman–Crippen LogP) is 3.18. The number of anilines is 1. The van der Waals surface area contributed by atoms with Gasteiger partial charge in [0.15, 0.2) is 17.5 Å². The van der Waals surface area contributed by atoms with Gasteiger partial charge in [0.05, 0.1) is 18.4 Å². The van der Waals surface area contributed by atoms with Crippen molar-refractivity contribution in [3.05, 3.63) is 66.1 Å². The smallest absolute Gasteiger partial charge is 0.376 e. The molecule has 2 N–H and O–H groups in total. The lowest BCUT2D eigenvalue weighted by Gasteiger charge is -2.14. The molecular formula is C20H13F5N6O3. The summed E-state index contributed by atoms with van der Waals surface area (Å²) in [4.78, 5) is 19.1. The molecular weight excluding hydrogens is 467 g/mol. The number of benzene rings is 1. The molecule has 0 radical (unpaired) electrons. The number of amides is 1. The summed E-state index contributed by atoms with van der Waals surface area (Å²) in [5.41, 5.74) is 0.967. The van der Waals surface area contributed by atoms with Crippen LogP contribution < -0.4 is 5.32 Å². The number of aliphatic hydroxyl groups is 1. The van der Waals surface area contributed by atoms with Gasteiger partial charge in [0.25, 0.3) is 5.91 Å². The second-order valence-corrected chi connectivity index (χ2v) is 6.87. The zero-order valence-electron chi connectivity index (χ0n) is 16.8. The first-order valence-corrected chi connectivity index (χ1v) is 9.44. The topological polar surface area (TPSA) is 119 Å². The van der Waals surface area contributed by atoms with Crippen molar-refractivity contribution in [3.63, 3.8) is 0 Å². The molecule has 0 spiro atoms. The van der Waals surface area contributed by atoms with Crippen LogP contribution in [0.3, 0.4) is 0 Å². The molecule has 0 aliphatic carbocycles. The molecule has 9 nitrogen and oxygen atoms in total. The summed E-state index contributed by atoms with van der Waals surface area (Å²) in [6.07, 6.45) is -6.73. The SMILES string of the molecule is O=C(Nc1nc(-c2cc(-c3ccon3)n(Cc3ccccc3F)n2)ncc1F)[C@H](O)C(F)(F)F. The zero-order chi connectivity index (χ0) is 24.5. The average Bonchev–Trinajstić information content (AvgIpc) is 3.45. The highest BCUT2D eigenvalue weighted by Gasteiger charge is 2.44. The van der Waals surface area contributed by atoms with Crippen molar-refractivity contribution < 1.29 is 36.4 Å². The van der Waals surface area contributed by atoms with Gasteiger partial charge in [0, 0.05) is 11.6 Å². The van der Waals surface area contributed by atoms with Gasteiger partial charge in [-0.1, -0.05) is 23.4 Å². The first-order valence-electron chi connectivity index (χ1n) is 9.44. The summed E-state index contributed by atoms with van der Waals surface area (Å²) in [5.74, 6) is -4.82. The second-order valence-electron chi connectivity index (χ2n) is 6.87. The van der Waals surface area contributed by atoms with Crippen molar-refractivity contribution in [1.82, 2.24) is 24.9 Å². The minimum absolute atomic E-state index is 0.0150. The Hall–Kier alpha value is -4.20. The lowest BCUT2D eigenvalue weighted by Crippen LogP contribution is -2.40. The van der Waals surface area contributed by atoms with Crippen LogP contribution in [0.4, 0.5) is 27.8 Å². The number of halogens is 5. The average molecular weight is 480 g/mol. The zero-order valence-corrected chi connectivity index (χ0v) is 16.8. The molecule has 0 aliphatic heterocycles. The van der Waals surface area contributed by atoms with Crippen LogP contribution in [0.5, 0.6) is 0 Å². The van der Waals surface area contributed by atoms with E-state index in [1.54, 1.807) is 11.4 Å². The van der Waals surface area contributed by atoms with Crippen LogP contribution in [0.1, 0.15) is 5.56 Å². The van der Waals surface area contributed by atoms with Crippen LogP contribution in [0.25, 0.3) is 22.9 Å². The molecule has 3 heterocycles. The molecule has 14 heteroatoms. The van der Waals surface area contributed by atoms with E-state index in [1.807, 2.05) is 0 Å². The molecule has 0 unspecified atom stereocenters. The third-order valence-electron chi connectivity index (χ3n) is 4.53. The Balaban J connectivity index is 1.70. The van der Waals surface area contributed by atoms with Crippen molar-refractivity contribution in [2.45, 2.75) is 18.8 Å². The number of hydrogen-bond acceptors (Lipinski definition) is 7. The van der Waals surface area contributed by atoms with E-state index in [0.29, 0.717) is 17.6 Å².